The van der Waals surface area contributed by atoms with Gasteiger partial charge in [-0.3, -0.25) is 5.32 Å². The van der Waals surface area contributed by atoms with Gasteiger partial charge in [0.2, 0.25) is 0 Å². The van der Waals surface area contributed by atoms with Gasteiger partial charge in [0.15, 0.2) is 6.23 Å². The Labute approximate surface area is 84.1 Å². The summed E-state index contributed by atoms with van der Waals surface area (Å²) in [4.78, 5) is 11.2. The van der Waals surface area contributed by atoms with Crippen molar-refractivity contribution in [1.29, 1.82) is 0 Å². The zero-order valence-electron chi connectivity index (χ0n) is 8.92. The van der Waals surface area contributed by atoms with E-state index in [-0.39, 0.29) is 6.23 Å². The number of nitrogens with one attached hydrogen (secondary N) is 2. The Kier molecular flexibility index (Phi) is 3.71. The maximum atomic E-state index is 11.2. The van der Waals surface area contributed by atoms with E-state index >= 15 is 0 Å². The van der Waals surface area contributed by atoms with E-state index in [0.717, 1.165) is 13.1 Å². The van der Waals surface area contributed by atoms with E-state index in [1.165, 1.54) is 0 Å². The molecule has 1 aliphatic rings. The van der Waals surface area contributed by atoms with Crippen LogP contribution in [0, 0.1) is 0 Å². The molecule has 0 aliphatic carbocycles. The first-order valence-electron chi connectivity index (χ1n) is 4.81. The Hall–Kier alpha value is -0.810. The van der Waals surface area contributed by atoms with Crippen molar-refractivity contribution in [1.82, 2.24) is 10.6 Å². The Morgan fingerprint density at radius 3 is 2.57 bits per heavy atom. The van der Waals surface area contributed by atoms with Crippen LogP contribution < -0.4 is 10.6 Å². The quantitative estimate of drug-likeness (QED) is 0.605. The third-order valence-corrected chi connectivity index (χ3v) is 1.63. The highest BCUT2D eigenvalue weighted by Gasteiger charge is 2.22. The molecule has 0 saturated carbocycles. The number of carbonyl (C=O) groups is 1. The number of ether oxygens (including phenoxy) is 2. The molecule has 1 atom stereocenters. The fourth-order valence-electron chi connectivity index (χ4n) is 1.10. The van der Waals surface area contributed by atoms with Crippen molar-refractivity contribution in [2.75, 3.05) is 19.6 Å². The lowest BCUT2D eigenvalue weighted by atomic mass is 10.2. The molecular formula is C9H18N2O3. The van der Waals surface area contributed by atoms with Crippen LogP contribution >= 0.6 is 0 Å². The lowest BCUT2D eigenvalue weighted by Crippen LogP contribution is -2.50. The van der Waals surface area contributed by atoms with E-state index in [9.17, 15) is 4.79 Å². The molecule has 0 amide bonds. The normalized spacial score (nSPS) is 22.9. The first-order chi connectivity index (χ1) is 6.47. The van der Waals surface area contributed by atoms with Crippen molar-refractivity contribution >= 4 is 6.16 Å². The van der Waals surface area contributed by atoms with Gasteiger partial charge in [0.1, 0.15) is 5.60 Å². The zero-order chi connectivity index (χ0) is 10.6. The molecule has 0 aromatic rings. The van der Waals surface area contributed by atoms with Crippen LogP contribution in [-0.2, 0) is 9.47 Å². The molecular weight excluding hydrogens is 184 g/mol. The highest BCUT2D eigenvalue weighted by Crippen LogP contribution is 2.08. The molecule has 0 radical (unpaired) electrons. The molecule has 5 nitrogen and oxygen atoms in total. The number of rotatable bonds is 1. The van der Waals surface area contributed by atoms with Gasteiger partial charge >= 0.3 is 6.16 Å². The maximum Gasteiger partial charge on any atom is 0.510 e. The Morgan fingerprint density at radius 2 is 2.07 bits per heavy atom. The third-order valence-electron chi connectivity index (χ3n) is 1.63. The van der Waals surface area contributed by atoms with Crippen LogP contribution in [0.1, 0.15) is 20.8 Å². The number of piperazine rings is 1. The predicted molar refractivity (Wildman–Crippen MR) is 52.0 cm³/mol. The van der Waals surface area contributed by atoms with Gasteiger partial charge in [-0.25, -0.2) is 4.79 Å². The number of carbonyl (C=O) groups excluding carboxylic acids is 1. The molecule has 1 heterocycles. The van der Waals surface area contributed by atoms with Crippen molar-refractivity contribution in [2.24, 2.45) is 0 Å². The average molecular weight is 202 g/mol. The van der Waals surface area contributed by atoms with Crippen LogP contribution in [0.3, 0.4) is 0 Å². The molecule has 0 aromatic heterocycles. The summed E-state index contributed by atoms with van der Waals surface area (Å²) in [5.41, 5.74) is -0.501. The van der Waals surface area contributed by atoms with Crippen molar-refractivity contribution in [2.45, 2.75) is 32.6 Å². The van der Waals surface area contributed by atoms with E-state index in [0.29, 0.717) is 6.54 Å². The lowest BCUT2D eigenvalue weighted by Gasteiger charge is -2.26. The van der Waals surface area contributed by atoms with Crippen LogP contribution in [0.15, 0.2) is 0 Å². The summed E-state index contributed by atoms with van der Waals surface area (Å²) in [6.45, 7) is 7.74. The second-order valence-corrected chi connectivity index (χ2v) is 4.23. The minimum absolute atomic E-state index is 0.279. The third kappa shape index (κ3) is 4.43. The van der Waals surface area contributed by atoms with Crippen molar-refractivity contribution in [3.63, 3.8) is 0 Å². The van der Waals surface area contributed by atoms with Gasteiger partial charge in [0.25, 0.3) is 0 Å². The van der Waals surface area contributed by atoms with Gasteiger partial charge in [0.05, 0.1) is 0 Å². The Bertz CT molecular complexity index is 195. The molecule has 14 heavy (non-hydrogen) atoms. The molecule has 1 fully saturated rings. The summed E-state index contributed by atoms with van der Waals surface area (Å²) < 4.78 is 10.0. The smallest absolute Gasteiger partial charge is 0.429 e. The summed E-state index contributed by atoms with van der Waals surface area (Å²) in [6.07, 6.45) is -0.905. The van der Waals surface area contributed by atoms with Gasteiger partial charge in [-0.2, -0.15) is 0 Å². The molecule has 1 saturated heterocycles. The van der Waals surface area contributed by atoms with E-state index < -0.39 is 11.8 Å². The zero-order valence-corrected chi connectivity index (χ0v) is 8.92. The standard InChI is InChI=1S/C9H18N2O3/c1-9(2,3)14-8(12)13-7-6-10-4-5-11-7/h7,10-11H,4-6H2,1-3H3. The molecule has 1 aliphatic heterocycles. The summed E-state index contributed by atoms with van der Waals surface area (Å²) in [5.74, 6) is 0. The first-order valence-corrected chi connectivity index (χ1v) is 4.81. The fourth-order valence-corrected chi connectivity index (χ4v) is 1.10. The molecule has 5 heteroatoms. The van der Waals surface area contributed by atoms with E-state index in [4.69, 9.17) is 9.47 Å². The largest absolute Gasteiger partial charge is 0.510 e. The van der Waals surface area contributed by atoms with Crippen LogP contribution in [0.5, 0.6) is 0 Å². The van der Waals surface area contributed by atoms with Crippen molar-refractivity contribution < 1.29 is 14.3 Å². The molecule has 0 spiro atoms. The van der Waals surface area contributed by atoms with Crippen LogP contribution in [0.4, 0.5) is 4.79 Å². The minimum Gasteiger partial charge on any atom is -0.429 e. The second-order valence-electron chi connectivity index (χ2n) is 4.23. The van der Waals surface area contributed by atoms with Gasteiger partial charge in [-0.05, 0) is 20.8 Å². The highest BCUT2D eigenvalue weighted by molar-refractivity contribution is 5.60. The molecule has 1 unspecified atom stereocenters. The van der Waals surface area contributed by atoms with Crippen molar-refractivity contribution in [3.8, 4) is 0 Å². The molecule has 0 aromatic carbocycles. The number of hydrogen-bond donors (Lipinski definition) is 2. The van der Waals surface area contributed by atoms with E-state index in [1.54, 1.807) is 20.8 Å². The summed E-state index contributed by atoms with van der Waals surface area (Å²) in [5, 5.41) is 6.16. The highest BCUT2D eigenvalue weighted by atomic mass is 16.7. The maximum absolute atomic E-state index is 11.2. The Morgan fingerprint density at radius 1 is 1.36 bits per heavy atom. The number of hydrogen-bond acceptors (Lipinski definition) is 5. The van der Waals surface area contributed by atoms with E-state index in [1.807, 2.05) is 0 Å². The Balaban J connectivity index is 2.25. The van der Waals surface area contributed by atoms with Gasteiger partial charge in [-0.15, -0.1) is 0 Å². The summed E-state index contributed by atoms with van der Waals surface area (Å²) in [6, 6.07) is 0. The summed E-state index contributed by atoms with van der Waals surface area (Å²) >= 11 is 0. The average Bonchev–Trinajstić information content (AvgIpc) is 2.02. The SMILES string of the molecule is CC(C)(C)OC(=O)OC1CNCCN1. The molecule has 2 N–H and O–H groups in total. The topological polar surface area (TPSA) is 59.6 Å². The van der Waals surface area contributed by atoms with Crippen LogP contribution in [0.25, 0.3) is 0 Å². The van der Waals surface area contributed by atoms with Crippen LogP contribution in [-0.4, -0.2) is 37.6 Å². The van der Waals surface area contributed by atoms with Crippen molar-refractivity contribution in [3.05, 3.63) is 0 Å². The van der Waals surface area contributed by atoms with Crippen LogP contribution in [0.2, 0.25) is 0 Å². The minimum atomic E-state index is -0.626. The molecule has 1 rings (SSSR count). The monoisotopic (exact) mass is 202 g/mol. The predicted octanol–water partition coefficient (Wildman–Crippen LogP) is 0.457. The molecule has 82 valence electrons. The lowest BCUT2D eigenvalue weighted by molar-refractivity contribution is -0.0360. The van der Waals surface area contributed by atoms with Gasteiger partial charge < -0.3 is 14.8 Å². The van der Waals surface area contributed by atoms with Gasteiger partial charge in [-0.1, -0.05) is 0 Å². The summed E-state index contributed by atoms with van der Waals surface area (Å²) in [7, 11) is 0. The van der Waals surface area contributed by atoms with E-state index in [2.05, 4.69) is 10.6 Å². The fraction of sp³-hybridized carbons (Fsp3) is 0.889. The second kappa shape index (κ2) is 4.61. The molecule has 0 bridgehead atoms. The first kappa shape index (κ1) is 11.3. The van der Waals surface area contributed by atoms with Gasteiger partial charge in [0, 0.05) is 19.6 Å².